The summed E-state index contributed by atoms with van der Waals surface area (Å²) in [6.45, 7) is 4.35. The van der Waals surface area contributed by atoms with E-state index in [4.69, 9.17) is 4.74 Å². The zero-order chi connectivity index (χ0) is 12.1. The molecule has 0 bridgehead atoms. The van der Waals surface area contributed by atoms with E-state index in [-0.39, 0.29) is 0 Å². The first-order valence-corrected chi connectivity index (χ1v) is 9.16. The Balaban J connectivity index is 1.78. The van der Waals surface area contributed by atoms with E-state index in [1.807, 2.05) is 0 Å². The van der Waals surface area contributed by atoms with Crippen molar-refractivity contribution < 1.29 is 4.74 Å². The summed E-state index contributed by atoms with van der Waals surface area (Å²) in [7, 11) is 0. The van der Waals surface area contributed by atoms with Crippen molar-refractivity contribution in [3.8, 4) is 0 Å². The quantitative estimate of drug-likeness (QED) is 0.706. The maximum absolute atomic E-state index is 5.51. The van der Waals surface area contributed by atoms with Gasteiger partial charge in [0.1, 0.15) is 0 Å². The molecule has 17 heavy (non-hydrogen) atoms. The van der Waals surface area contributed by atoms with E-state index in [1.165, 1.54) is 44.3 Å². The van der Waals surface area contributed by atoms with Crippen LogP contribution in [0.4, 0.5) is 0 Å². The molecule has 2 aliphatic rings. The highest BCUT2D eigenvalue weighted by molar-refractivity contribution is 9.09. The third-order valence-electron chi connectivity index (χ3n) is 4.35. The van der Waals surface area contributed by atoms with Crippen LogP contribution in [0.25, 0.3) is 0 Å². The molecule has 1 nitrogen and oxygen atoms in total. The van der Waals surface area contributed by atoms with E-state index >= 15 is 0 Å². The minimum Gasteiger partial charge on any atom is -0.381 e. The van der Waals surface area contributed by atoms with Crippen molar-refractivity contribution in [1.82, 2.24) is 0 Å². The lowest BCUT2D eigenvalue weighted by molar-refractivity contribution is 0.0374. The van der Waals surface area contributed by atoms with Gasteiger partial charge in [-0.2, -0.15) is 11.8 Å². The van der Waals surface area contributed by atoms with E-state index < -0.39 is 0 Å². The Morgan fingerprint density at radius 2 is 2.06 bits per heavy atom. The van der Waals surface area contributed by atoms with Gasteiger partial charge in [-0.3, -0.25) is 0 Å². The SMILES string of the molecule is CC1CCCC(SCC2(CBr)CCOCC2)C1. The predicted molar refractivity (Wildman–Crippen MR) is 80.2 cm³/mol. The topological polar surface area (TPSA) is 9.23 Å². The highest BCUT2D eigenvalue weighted by Gasteiger charge is 2.33. The van der Waals surface area contributed by atoms with Gasteiger partial charge in [0.25, 0.3) is 0 Å². The van der Waals surface area contributed by atoms with Crippen LogP contribution in [0.15, 0.2) is 0 Å². The molecular formula is C14H25BrOS. The number of rotatable bonds is 4. The van der Waals surface area contributed by atoms with Gasteiger partial charge in [0.2, 0.25) is 0 Å². The van der Waals surface area contributed by atoms with Gasteiger partial charge in [0, 0.05) is 29.5 Å². The Labute approximate surface area is 119 Å². The Bertz CT molecular complexity index is 228. The third-order valence-corrected chi connectivity index (χ3v) is 7.22. The molecule has 1 aliphatic carbocycles. The molecule has 0 aromatic heterocycles. The van der Waals surface area contributed by atoms with Crippen molar-refractivity contribution in [2.24, 2.45) is 11.3 Å². The van der Waals surface area contributed by atoms with Crippen LogP contribution in [0.3, 0.4) is 0 Å². The second-order valence-corrected chi connectivity index (χ2v) is 7.80. The van der Waals surface area contributed by atoms with Crippen molar-refractivity contribution in [1.29, 1.82) is 0 Å². The number of hydrogen-bond acceptors (Lipinski definition) is 2. The molecule has 2 unspecified atom stereocenters. The first-order chi connectivity index (χ1) is 8.24. The molecule has 1 heterocycles. The van der Waals surface area contributed by atoms with Gasteiger partial charge in [-0.1, -0.05) is 35.7 Å². The first-order valence-electron chi connectivity index (χ1n) is 6.99. The molecule has 0 N–H and O–H groups in total. The molecule has 100 valence electrons. The molecule has 0 spiro atoms. The standard InChI is InChI=1S/C14H25BrOS/c1-12-3-2-4-13(9-12)17-11-14(10-15)5-7-16-8-6-14/h12-13H,2-11H2,1H3. The number of thioether (sulfide) groups is 1. The largest absolute Gasteiger partial charge is 0.381 e. The molecular weight excluding hydrogens is 296 g/mol. The lowest BCUT2D eigenvalue weighted by Crippen LogP contribution is -2.34. The average Bonchev–Trinajstić information content (AvgIpc) is 2.38. The van der Waals surface area contributed by atoms with Crippen LogP contribution >= 0.6 is 27.7 Å². The molecule has 2 atom stereocenters. The van der Waals surface area contributed by atoms with Gasteiger partial charge in [-0.05, 0) is 37.0 Å². The highest BCUT2D eigenvalue weighted by Crippen LogP contribution is 2.40. The van der Waals surface area contributed by atoms with E-state index in [2.05, 4.69) is 34.6 Å². The molecule has 0 radical (unpaired) electrons. The summed E-state index contributed by atoms with van der Waals surface area (Å²) >= 11 is 5.98. The van der Waals surface area contributed by atoms with E-state index in [0.717, 1.165) is 29.7 Å². The smallest absolute Gasteiger partial charge is 0.0471 e. The van der Waals surface area contributed by atoms with Crippen LogP contribution < -0.4 is 0 Å². The summed E-state index contributed by atoms with van der Waals surface area (Å²) in [6.07, 6.45) is 8.28. The van der Waals surface area contributed by atoms with Crippen LogP contribution in [0.1, 0.15) is 45.4 Å². The van der Waals surface area contributed by atoms with Crippen molar-refractivity contribution in [2.45, 2.75) is 50.7 Å². The van der Waals surface area contributed by atoms with Crippen molar-refractivity contribution >= 4 is 27.7 Å². The summed E-state index contributed by atoms with van der Waals surface area (Å²) in [5.41, 5.74) is 0.517. The van der Waals surface area contributed by atoms with Crippen molar-refractivity contribution in [3.63, 3.8) is 0 Å². The van der Waals surface area contributed by atoms with Crippen molar-refractivity contribution in [3.05, 3.63) is 0 Å². The Morgan fingerprint density at radius 1 is 1.29 bits per heavy atom. The van der Waals surface area contributed by atoms with E-state index in [9.17, 15) is 0 Å². The Morgan fingerprint density at radius 3 is 2.71 bits per heavy atom. The third kappa shape index (κ3) is 4.14. The van der Waals surface area contributed by atoms with Crippen LogP contribution in [-0.2, 0) is 4.74 Å². The highest BCUT2D eigenvalue weighted by atomic mass is 79.9. The lowest BCUT2D eigenvalue weighted by atomic mass is 9.84. The number of halogens is 1. The average molecular weight is 321 g/mol. The van der Waals surface area contributed by atoms with Crippen LogP contribution in [0.5, 0.6) is 0 Å². The molecule has 0 aromatic carbocycles. The normalized spacial score (nSPS) is 33.5. The van der Waals surface area contributed by atoms with Gasteiger partial charge in [0.05, 0.1) is 0 Å². The fourth-order valence-corrected chi connectivity index (χ4v) is 5.74. The summed E-state index contributed by atoms with van der Waals surface area (Å²) in [5, 5.41) is 2.08. The number of alkyl halides is 1. The Kier molecular flexibility index (Phi) is 5.69. The van der Waals surface area contributed by atoms with Gasteiger partial charge in [0.15, 0.2) is 0 Å². The minimum atomic E-state index is 0.517. The first kappa shape index (κ1) is 14.2. The summed E-state index contributed by atoms with van der Waals surface area (Å²) in [5.74, 6) is 2.29. The summed E-state index contributed by atoms with van der Waals surface area (Å²) < 4.78 is 5.51. The van der Waals surface area contributed by atoms with Crippen LogP contribution in [0.2, 0.25) is 0 Å². The zero-order valence-electron chi connectivity index (χ0n) is 10.9. The van der Waals surface area contributed by atoms with Crippen LogP contribution in [0, 0.1) is 11.3 Å². The monoisotopic (exact) mass is 320 g/mol. The van der Waals surface area contributed by atoms with Gasteiger partial charge in [-0.25, -0.2) is 0 Å². The molecule has 1 aliphatic heterocycles. The molecule has 3 heteroatoms. The zero-order valence-corrected chi connectivity index (χ0v) is 13.3. The second kappa shape index (κ2) is 6.81. The fourth-order valence-electron chi connectivity index (χ4n) is 2.95. The molecule has 0 aromatic rings. The lowest BCUT2D eigenvalue weighted by Gasteiger charge is -2.37. The minimum absolute atomic E-state index is 0.517. The second-order valence-electron chi connectivity index (χ2n) is 5.95. The molecule has 1 saturated carbocycles. The van der Waals surface area contributed by atoms with Crippen molar-refractivity contribution in [2.75, 3.05) is 24.3 Å². The van der Waals surface area contributed by atoms with Crippen LogP contribution in [-0.4, -0.2) is 29.5 Å². The Hall–Kier alpha value is 0.790. The summed E-state index contributed by atoms with van der Waals surface area (Å²) in [4.78, 5) is 0. The maximum Gasteiger partial charge on any atom is 0.0471 e. The molecule has 2 rings (SSSR count). The van der Waals surface area contributed by atoms with Gasteiger partial charge in [-0.15, -0.1) is 0 Å². The van der Waals surface area contributed by atoms with E-state index in [1.54, 1.807) is 0 Å². The predicted octanol–water partition coefficient (Wildman–Crippen LogP) is 4.49. The molecule has 0 amide bonds. The molecule has 2 fully saturated rings. The fraction of sp³-hybridized carbons (Fsp3) is 1.00. The van der Waals surface area contributed by atoms with Gasteiger partial charge < -0.3 is 4.74 Å². The summed E-state index contributed by atoms with van der Waals surface area (Å²) in [6, 6.07) is 0. The molecule has 1 saturated heterocycles. The number of hydrogen-bond donors (Lipinski definition) is 0. The maximum atomic E-state index is 5.51. The number of ether oxygens (including phenoxy) is 1. The van der Waals surface area contributed by atoms with Gasteiger partial charge >= 0.3 is 0 Å². The van der Waals surface area contributed by atoms with E-state index in [0.29, 0.717) is 5.41 Å².